The molecule has 0 bridgehead atoms. The van der Waals surface area contributed by atoms with Gasteiger partial charge in [-0.3, -0.25) is 4.79 Å². The second kappa shape index (κ2) is 6.28. The lowest BCUT2D eigenvalue weighted by atomic mass is 9.87. The molecule has 0 heterocycles. The van der Waals surface area contributed by atoms with Crippen LogP contribution in [0.25, 0.3) is 0 Å². The Labute approximate surface area is 128 Å². The van der Waals surface area contributed by atoms with Gasteiger partial charge in [-0.2, -0.15) is 13.2 Å². The van der Waals surface area contributed by atoms with Crippen molar-refractivity contribution < 1.29 is 22.7 Å². The van der Waals surface area contributed by atoms with Gasteiger partial charge in [0.05, 0.1) is 6.42 Å². The van der Waals surface area contributed by atoms with Gasteiger partial charge in [-0.15, -0.1) is 0 Å². The van der Waals surface area contributed by atoms with E-state index in [1.54, 1.807) is 45.0 Å². The minimum atomic E-state index is -4.56. The van der Waals surface area contributed by atoms with Gasteiger partial charge in [0.2, 0.25) is 0 Å². The average molecular weight is 317 g/mol. The van der Waals surface area contributed by atoms with Gasteiger partial charge >= 0.3 is 12.1 Å². The van der Waals surface area contributed by atoms with Crippen LogP contribution in [-0.4, -0.2) is 23.3 Å². The van der Waals surface area contributed by atoms with Crippen LogP contribution in [0.2, 0.25) is 0 Å². The highest BCUT2D eigenvalue weighted by atomic mass is 19.4. The molecule has 0 aliphatic carbocycles. The summed E-state index contributed by atoms with van der Waals surface area (Å²) in [4.78, 5) is 12.2. The number of carbonyl (C=O) groups excluding carboxylic acids is 1. The summed E-state index contributed by atoms with van der Waals surface area (Å²) in [5, 5.41) is 0. The fourth-order valence-corrected chi connectivity index (χ4v) is 2.01. The molecule has 1 aromatic rings. The van der Waals surface area contributed by atoms with Crippen LogP contribution >= 0.6 is 0 Å². The fraction of sp³-hybridized carbons (Fsp3) is 0.562. The van der Waals surface area contributed by atoms with Crippen molar-refractivity contribution in [3.8, 4) is 0 Å². The topological polar surface area (TPSA) is 52.3 Å². The van der Waals surface area contributed by atoms with E-state index in [2.05, 4.69) is 0 Å². The zero-order valence-corrected chi connectivity index (χ0v) is 13.3. The van der Waals surface area contributed by atoms with E-state index < -0.39 is 29.7 Å². The number of benzene rings is 1. The minimum absolute atomic E-state index is 0.234. The van der Waals surface area contributed by atoms with Crippen molar-refractivity contribution in [1.82, 2.24) is 0 Å². The molecule has 0 spiro atoms. The maximum Gasteiger partial charge on any atom is 0.391 e. The third-order valence-electron chi connectivity index (χ3n) is 2.96. The van der Waals surface area contributed by atoms with E-state index in [1.165, 1.54) is 0 Å². The summed E-state index contributed by atoms with van der Waals surface area (Å²) in [7, 11) is 0. The van der Waals surface area contributed by atoms with Gasteiger partial charge in [-0.1, -0.05) is 29.8 Å². The number of hydrogen-bond donors (Lipinski definition) is 1. The molecule has 3 nitrogen and oxygen atoms in total. The van der Waals surface area contributed by atoms with Crippen LogP contribution in [0.5, 0.6) is 0 Å². The van der Waals surface area contributed by atoms with E-state index in [-0.39, 0.29) is 6.42 Å². The molecule has 124 valence electrons. The highest BCUT2D eigenvalue weighted by Crippen LogP contribution is 2.30. The van der Waals surface area contributed by atoms with Crippen molar-refractivity contribution in [2.45, 2.75) is 57.9 Å². The average Bonchev–Trinajstić information content (AvgIpc) is 2.27. The molecular weight excluding hydrogens is 295 g/mol. The van der Waals surface area contributed by atoms with Gasteiger partial charge in [-0.05, 0) is 33.3 Å². The molecule has 0 radical (unpaired) electrons. The number of aryl methyl sites for hydroxylation is 1. The number of rotatable bonds is 4. The summed E-state index contributed by atoms with van der Waals surface area (Å²) in [6.07, 6.45) is -6.22. The van der Waals surface area contributed by atoms with Gasteiger partial charge in [0.15, 0.2) is 0 Å². The molecule has 6 heteroatoms. The zero-order valence-electron chi connectivity index (χ0n) is 13.3. The largest absolute Gasteiger partial charge is 0.459 e. The summed E-state index contributed by atoms with van der Waals surface area (Å²) in [5.74, 6) is -1.04. The van der Waals surface area contributed by atoms with Crippen LogP contribution in [-0.2, 0) is 16.0 Å². The van der Waals surface area contributed by atoms with Crippen molar-refractivity contribution in [2.24, 2.45) is 5.73 Å². The van der Waals surface area contributed by atoms with Crippen molar-refractivity contribution in [3.05, 3.63) is 35.4 Å². The molecule has 0 unspecified atom stereocenters. The summed E-state index contributed by atoms with van der Waals surface area (Å²) in [5.41, 5.74) is 4.30. The standard InChI is InChI=1S/C16H22F3NO2/c1-11-5-7-12(8-6-11)9-15(20,10-16(17,18)19)13(21)22-14(2,3)4/h5-8H,9-10,20H2,1-4H3/t15-/m0/s1. The lowest BCUT2D eigenvalue weighted by molar-refractivity contribution is -0.179. The fourth-order valence-electron chi connectivity index (χ4n) is 2.01. The van der Waals surface area contributed by atoms with Crippen LogP contribution < -0.4 is 5.73 Å². The van der Waals surface area contributed by atoms with Crippen LogP contribution in [0.1, 0.15) is 38.3 Å². The van der Waals surface area contributed by atoms with Gasteiger partial charge < -0.3 is 10.5 Å². The Morgan fingerprint density at radius 2 is 1.64 bits per heavy atom. The van der Waals surface area contributed by atoms with Crippen molar-refractivity contribution in [2.75, 3.05) is 0 Å². The number of nitrogens with two attached hydrogens (primary N) is 1. The van der Waals surface area contributed by atoms with E-state index in [4.69, 9.17) is 10.5 Å². The smallest absolute Gasteiger partial charge is 0.391 e. The first kappa shape index (κ1) is 18.5. The number of ether oxygens (including phenoxy) is 1. The second-order valence-electron chi connectivity index (χ2n) is 6.61. The van der Waals surface area contributed by atoms with E-state index >= 15 is 0 Å². The molecular formula is C16H22F3NO2. The summed E-state index contributed by atoms with van der Waals surface area (Å²) in [6, 6.07) is 6.85. The molecule has 0 aromatic heterocycles. The first-order valence-electron chi connectivity index (χ1n) is 6.95. The number of alkyl halides is 3. The van der Waals surface area contributed by atoms with E-state index in [9.17, 15) is 18.0 Å². The molecule has 0 aliphatic heterocycles. The second-order valence-corrected chi connectivity index (χ2v) is 6.61. The first-order valence-corrected chi connectivity index (χ1v) is 6.95. The number of carbonyl (C=O) groups is 1. The highest BCUT2D eigenvalue weighted by molar-refractivity contribution is 5.81. The molecule has 0 saturated carbocycles. The first-order chi connectivity index (χ1) is 9.81. The maximum absolute atomic E-state index is 12.8. The number of esters is 1. The minimum Gasteiger partial charge on any atom is -0.459 e. The maximum atomic E-state index is 12.8. The van der Waals surface area contributed by atoms with Gasteiger partial charge in [0.1, 0.15) is 11.1 Å². The molecule has 0 aliphatic rings. The normalized spacial score (nSPS) is 15.3. The Bertz CT molecular complexity index is 518. The third kappa shape index (κ3) is 6.05. The predicted molar refractivity (Wildman–Crippen MR) is 78.3 cm³/mol. The highest BCUT2D eigenvalue weighted by Gasteiger charge is 2.47. The molecule has 0 amide bonds. The Balaban J connectivity index is 3.05. The van der Waals surface area contributed by atoms with Crippen LogP contribution in [0, 0.1) is 6.92 Å². The predicted octanol–water partition coefficient (Wildman–Crippen LogP) is 3.53. The van der Waals surface area contributed by atoms with Crippen LogP contribution in [0.15, 0.2) is 24.3 Å². The van der Waals surface area contributed by atoms with Crippen LogP contribution in [0.4, 0.5) is 13.2 Å². The number of hydrogen-bond acceptors (Lipinski definition) is 3. The van der Waals surface area contributed by atoms with Crippen molar-refractivity contribution >= 4 is 5.97 Å². The Hall–Kier alpha value is -1.56. The Morgan fingerprint density at radius 1 is 1.14 bits per heavy atom. The summed E-state index contributed by atoms with van der Waals surface area (Å²) < 4.78 is 43.6. The molecule has 2 N–H and O–H groups in total. The number of halogens is 3. The SMILES string of the molecule is Cc1ccc(C[C@](N)(CC(F)(F)F)C(=O)OC(C)(C)C)cc1. The lowest BCUT2D eigenvalue weighted by Crippen LogP contribution is -2.55. The molecule has 0 saturated heterocycles. The summed E-state index contributed by atoms with van der Waals surface area (Å²) in [6.45, 7) is 6.63. The molecule has 1 rings (SSSR count). The third-order valence-corrected chi connectivity index (χ3v) is 2.96. The van der Waals surface area contributed by atoms with Crippen molar-refractivity contribution in [3.63, 3.8) is 0 Å². The quantitative estimate of drug-likeness (QED) is 0.864. The molecule has 1 atom stereocenters. The molecule has 0 fully saturated rings. The Morgan fingerprint density at radius 3 is 2.05 bits per heavy atom. The van der Waals surface area contributed by atoms with Gasteiger partial charge in [-0.25, -0.2) is 0 Å². The monoisotopic (exact) mass is 317 g/mol. The van der Waals surface area contributed by atoms with E-state index in [0.717, 1.165) is 5.56 Å². The van der Waals surface area contributed by atoms with Crippen molar-refractivity contribution in [1.29, 1.82) is 0 Å². The van der Waals surface area contributed by atoms with E-state index in [1.807, 2.05) is 6.92 Å². The van der Waals surface area contributed by atoms with Gasteiger partial charge in [0, 0.05) is 6.42 Å². The molecule has 22 heavy (non-hydrogen) atoms. The van der Waals surface area contributed by atoms with Gasteiger partial charge in [0.25, 0.3) is 0 Å². The van der Waals surface area contributed by atoms with Crippen LogP contribution in [0.3, 0.4) is 0 Å². The van der Waals surface area contributed by atoms with E-state index in [0.29, 0.717) is 5.56 Å². The Kier molecular flexibility index (Phi) is 5.28. The summed E-state index contributed by atoms with van der Waals surface area (Å²) >= 11 is 0. The molecule has 1 aromatic carbocycles. The zero-order chi connectivity index (χ0) is 17.2. The lowest BCUT2D eigenvalue weighted by Gasteiger charge is -2.32.